The van der Waals surface area contributed by atoms with Gasteiger partial charge in [0.1, 0.15) is 17.3 Å². The smallest absolute Gasteiger partial charge is 0.259 e. The molecule has 1 heterocycles. The molecule has 1 unspecified atom stereocenters. The molecule has 3 saturated carbocycles. The molecule has 31 heavy (non-hydrogen) atoms. The molecule has 3 aliphatic rings. The number of benzene rings is 1. The molecule has 3 aliphatic carbocycles. The van der Waals surface area contributed by atoms with E-state index < -0.39 is 40.5 Å². The molecule has 2 aromatic rings. The summed E-state index contributed by atoms with van der Waals surface area (Å²) in [5.74, 6) is -2.27. The van der Waals surface area contributed by atoms with E-state index in [0.29, 0.717) is 19.3 Å². The molecule has 164 valence electrons. The maximum Gasteiger partial charge on any atom is 0.259 e. The fraction of sp³-hybridized carbons (Fsp3) is 0.350. The zero-order chi connectivity index (χ0) is 22.4. The van der Waals surface area contributed by atoms with E-state index in [2.05, 4.69) is 10.3 Å². The summed E-state index contributed by atoms with van der Waals surface area (Å²) in [4.78, 5) is 27.8. The Bertz CT molecular complexity index is 1050. The first-order valence-corrected chi connectivity index (χ1v) is 10.0. The van der Waals surface area contributed by atoms with Crippen LogP contribution in [0.15, 0.2) is 30.5 Å². The van der Waals surface area contributed by atoms with Gasteiger partial charge in [-0.05, 0) is 31.4 Å². The van der Waals surface area contributed by atoms with Gasteiger partial charge in [-0.25, -0.2) is 13.8 Å². The number of carbonyl (C=O) groups is 2. The third-order valence-electron chi connectivity index (χ3n) is 5.58. The van der Waals surface area contributed by atoms with Crippen molar-refractivity contribution in [2.24, 2.45) is 11.1 Å². The van der Waals surface area contributed by atoms with Crippen LogP contribution in [0, 0.1) is 17.0 Å². The van der Waals surface area contributed by atoms with E-state index in [0.717, 1.165) is 12.1 Å². The van der Waals surface area contributed by atoms with Crippen molar-refractivity contribution >= 4 is 35.0 Å². The van der Waals surface area contributed by atoms with Crippen LogP contribution in [0.5, 0.6) is 11.5 Å². The number of nitrogens with zero attached hydrogens (tertiary/aromatic N) is 1. The lowest BCUT2D eigenvalue weighted by Gasteiger charge is -2.71. The van der Waals surface area contributed by atoms with Gasteiger partial charge < -0.3 is 20.5 Å². The largest absolute Gasteiger partial charge is 0.482 e. The molecule has 2 bridgehead atoms. The van der Waals surface area contributed by atoms with E-state index in [1.54, 1.807) is 0 Å². The first-order valence-electron chi connectivity index (χ1n) is 9.27. The summed E-state index contributed by atoms with van der Waals surface area (Å²) >= 11 is 11.2. The predicted octanol–water partition coefficient (Wildman–Crippen LogP) is 3.02. The predicted molar refractivity (Wildman–Crippen MR) is 107 cm³/mol. The van der Waals surface area contributed by atoms with Crippen LogP contribution in [0.25, 0.3) is 0 Å². The summed E-state index contributed by atoms with van der Waals surface area (Å²) in [5.41, 5.74) is 4.51. The Kier molecular flexibility index (Phi) is 5.43. The van der Waals surface area contributed by atoms with Gasteiger partial charge in [0.05, 0.1) is 11.2 Å². The van der Waals surface area contributed by atoms with Crippen LogP contribution in [0.4, 0.5) is 8.78 Å². The van der Waals surface area contributed by atoms with Crippen molar-refractivity contribution in [2.45, 2.75) is 30.9 Å². The molecule has 2 amide bonds. The van der Waals surface area contributed by atoms with Crippen LogP contribution in [0.2, 0.25) is 10.2 Å². The Morgan fingerprint density at radius 3 is 2.45 bits per heavy atom. The van der Waals surface area contributed by atoms with Crippen LogP contribution >= 0.6 is 23.2 Å². The molecule has 0 aliphatic heterocycles. The summed E-state index contributed by atoms with van der Waals surface area (Å²) in [7, 11) is 0. The number of pyridine rings is 1. The molecule has 1 atom stereocenters. The van der Waals surface area contributed by atoms with E-state index in [9.17, 15) is 18.4 Å². The molecule has 1 aromatic heterocycles. The van der Waals surface area contributed by atoms with Crippen LogP contribution in [0.1, 0.15) is 19.3 Å². The van der Waals surface area contributed by atoms with Gasteiger partial charge >= 0.3 is 0 Å². The summed E-state index contributed by atoms with van der Waals surface area (Å²) in [6, 6.07) is 4.91. The molecular formula is C20H17Cl2F2N3O4. The lowest BCUT2D eigenvalue weighted by molar-refractivity contribution is -0.208. The van der Waals surface area contributed by atoms with E-state index in [1.807, 2.05) is 0 Å². The maximum atomic E-state index is 13.7. The molecule has 0 saturated heterocycles. The topological polar surface area (TPSA) is 104 Å². The van der Waals surface area contributed by atoms with Gasteiger partial charge in [-0.3, -0.25) is 9.59 Å². The lowest BCUT2D eigenvalue weighted by atomic mass is 9.37. The second kappa shape index (κ2) is 7.80. The second-order valence-electron chi connectivity index (χ2n) is 7.93. The number of rotatable bonds is 8. The number of hydrogen-bond donors (Lipinski definition) is 2. The summed E-state index contributed by atoms with van der Waals surface area (Å²) in [6.07, 6.45) is 1.68. The average Bonchev–Trinajstić information content (AvgIpc) is 2.65. The van der Waals surface area contributed by atoms with Gasteiger partial charge in [0.15, 0.2) is 23.7 Å². The molecule has 1 aromatic carbocycles. The molecule has 7 nitrogen and oxygen atoms in total. The molecule has 3 N–H and O–H groups in total. The minimum absolute atomic E-state index is 0.0607. The Labute approximate surface area is 185 Å². The highest BCUT2D eigenvalue weighted by Crippen LogP contribution is 2.69. The number of carbonyl (C=O) groups excluding carboxylic acids is 2. The van der Waals surface area contributed by atoms with Crippen molar-refractivity contribution in [1.82, 2.24) is 10.3 Å². The zero-order valence-electron chi connectivity index (χ0n) is 16.0. The number of nitrogens with one attached hydrogen (secondary N) is 1. The maximum absolute atomic E-state index is 13.7. The van der Waals surface area contributed by atoms with Gasteiger partial charge in [-0.15, -0.1) is 0 Å². The van der Waals surface area contributed by atoms with E-state index in [-0.39, 0.29) is 28.3 Å². The van der Waals surface area contributed by atoms with Crippen molar-refractivity contribution in [1.29, 1.82) is 0 Å². The van der Waals surface area contributed by atoms with E-state index in [4.69, 9.17) is 38.4 Å². The van der Waals surface area contributed by atoms with Gasteiger partial charge in [-0.2, -0.15) is 0 Å². The number of nitrogens with two attached hydrogens (primary N) is 1. The number of hydrogen-bond acceptors (Lipinski definition) is 5. The number of amides is 2. The summed E-state index contributed by atoms with van der Waals surface area (Å²) in [6.45, 7) is -0.336. The highest BCUT2D eigenvalue weighted by Gasteiger charge is 2.73. The molecular weight excluding hydrogens is 455 g/mol. The fourth-order valence-electron chi connectivity index (χ4n) is 4.41. The van der Waals surface area contributed by atoms with Gasteiger partial charge in [0, 0.05) is 23.1 Å². The van der Waals surface area contributed by atoms with Gasteiger partial charge in [-0.1, -0.05) is 23.2 Å². The van der Waals surface area contributed by atoms with Crippen LogP contribution < -0.4 is 20.5 Å². The quantitative estimate of drug-likeness (QED) is 0.575. The van der Waals surface area contributed by atoms with Crippen LogP contribution in [0.3, 0.4) is 0 Å². The summed E-state index contributed by atoms with van der Waals surface area (Å²) < 4.78 is 37.9. The minimum Gasteiger partial charge on any atom is -0.482 e. The third kappa shape index (κ3) is 4.12. The van der Waals surface area contributed by atoms with Crippen molar-refractivity contribution < 1.29 is 27.8 Å². The number of ether oxygens (including phenoxy) is 2. The standard InChI is InChI=1S/C20H17Cl2F2N3O4/c21-12-2-1-10(3-13(12)23)31-16(18(25)29)19-7-20(8-19,9-19)27-15(28)6-30-11-4-14(24)17(22)26-5-11/h1-5,16H,6-9H2,(H2,25,29)(H,27,28). The fourth-order valence-corrected chi connectivity index (χ4v) is 4.63. The number of halogens is 4. The van der Waals surface area contributed by atoms with Crippen LogP contribution in [-0.2, 0) is 9.59 Å². The lowest BCUT2D eigenvalue weighted by Crippen LogP contribution is -2.80. The first kappa shape index (κ1) is 21.6. The Hall–Kier alpha value is -2.65. The van der Waals surface area contributed by atoms with Crippen molar-refractivity contribution in [2.75, 3.05) is 6.61 Å². The molecule has 0 spiro atoms. The summed E-state index contributed by atoms with van der Waals surface area (Å²) in [5, 5.41) is 2.52. The molecule has 11 heteroatoms. The molecule has 5 rings (SSSR count). The molecule has 0 radical (unpaired) electrons. The average molecular weight is 472 g/mol. The minimum atomic E-state index is -0.966. The van der Waals surface area contributed by atoms with E-state index in [1.165, 1.54) is 18.3 Å². The van der Waals surface area contributed by atoms with Gasteiger partial charge in [0.2, 0.25) is 0 Å². The zero-order valence-corrected chi connectivity index (χ0v) is 17.5. The highest BCUT2D eigenvalue weighted by molar-refractivity contribution is 6.30. The Balaban J connectivity index is 1.32. The Morgan fingerprint density at radius 2 is 1.84 bits per heavy atom. The van der Waals surface area contributed by atoms with Crippen molar-refractivity contribution in [3.8, 4) is 11.5 Å². The number of primary amides is 1. The number of aromatic nitrogens is 1. The molecule has 3 fully saturated rings. The Morgan fingerprint density at radius 1 is 1.16 bits per heavy atom. The SMILES string of the molecule is NC(=O)C(Oc1ccc(Cl)c(F)c1)C12CC(NC(=O)COc3cnc(Cl)c(F)c3)(C1)C2. The first-order chi connectivity index (χ1) is 14.6. The van der Waals surface area contributed by atoms with Crippen molar-refractivity contribution in [3.63, 3.8) is 0 Å². The van der Waals surface area contributed by atoms with Gasteiger partial charge in [0.25, 0.3) is 11.8 Å². The monoisotopic (exact) mass is 471 g/mol. The van der Waals surface area contributed by atoms with E-state index >= 15 is 0 Å². The normalized spacial score (nSPS) is 24.4. The van der Waals surface area contributed by atoms with Crippen LogP contribution in [-0.4, -0.2) is 35.0 Å². The highest BCUT2D eigenvalue weighted by atomic mass is 35.5. The second-order valence-corrected chi connectivity index (χ2v) is 8.69. The third-order valence-corrected chi connectivity index (χ3v) is 6.16. The van der Waals surface area contributed by atoms with Crippen molar-refractivity contribution in [3.05, 3.63) is 52.3 Å².